The Morgan fingerprint density at radius 2 is 1.31 bits per heavy atom. The Labute approximate surface area is 80.8 Å². The van der Waals surface area contributed by atoms with Crippen LogP contribution in [0.3, 0.4) is 0 Å². The molecule has 74 valence electrons. The van der Waals surface area contributed by atoms with E-state index in [-0.39, 0.29) is 0 Å². The topological polar surface area (TPSA) is 9.23 Å². The average molecular weight is 180 g/mol. The van der Waals surface area contributed by atoms with Gasteiger partial charge in [-0.1, -0.05) is 0 Å². The molecule has 4 saturated carbocycles. The predicted octanol–water partition coefficient (Wildman–Crippen LogP) is 2.85. The fraction of sp³-hybridized carbons (Fsp3) is 1.00. The Bertz CT molecular complexity index is 187. The molecule has 0 aliphatic heterocycles. The van der Waals surface area contributed by atoms with E-state index in [1.807, 2.05) is 7.11 Å². The molecule has 4 bridgehead atoms. The summed E-state index contributed by atoms with van der Waals surface area (Å²) in [5.41, 5.74) is 0. The van der Waals surface area contributed by atoms with Gasteiger partial charge in [0.2, 0.25) is 0 Å². The van der Waals surface area contributed by atoms with Crippen molar-refractivity contribution in [1.29, 1.82) is 0 Å². The molecule has 0 N–H and O–H groups in total. The molecule has 0 heterocycles. The van der Waals surface area contributed by atoms with Crippen molar-refractivity contribution in [3.8, 4) is 0 Å². The minimum absolute atomic E-state index is 0.611. The minimum Gasteiger partial charge on any atom is -0.381 e. The number of fused-ring (bicyclic) bond motifs is 1. The van der Waals surface area contributed by atoms with Crippen LogP contribution in [-0.4, -0.2) is 13.2 Å². The highest BCUT2D eigenvalue weighted by molar-refractivity contribution is 4.94. The smallest absolute Gasteiger partial charge is 0.0602 e. The Morgan fingerprint density at radius 3 is 1.85 bits per heavy atom. The van der Waals surface area contributed by atoms with E-state index in [9.17, 15) is 0 Å². The molecule has 0 amide bonds. The Morgan fingerprint density at radius 1 is 0.769 bits per heavy atom. The van der Waals surface area contributed by atoms with E-state index in [0.717, 1.165) is 23.7 Å². The van der Waals surface area contributed by atoms with Gasteiger partial charge in [0.15, 0.2) is 0 Å². The van der Waals surface area contributed by atoms with Crippen LogP contribution in [0.4, 0.5) is 0 Å². The van der Waals surface area contributed by atoms with Gasteiger partial charge < -0.3 is 4.74 Å². The fourth-order valence-electron chi connectivity index (χ4n) is 4.35. The van der Waals surface area contributed by atoms with Crippen LogP contribution < -0.4 is 0 Å². The number of hydrogen-bond donors (Lipinski definition) is 0. The van der Waals surface area contributed by atoms with E-state index in [1.165, 1.54) is 32.1 Å². The fourth-order valence-corrected chi connectivity index (χ4v) is 4.35. The highest BCUT2D eigenvalue weighted by Gasteiger charge is 2.43. The molecule has 1 nitrogen and oxygen atoms in total. The standard InChI is InChI=1S/C12H20O/c1-13-12-7-10-3-8-2-9(4-10)6-11(12)5-8/h8-12H,2-7H2,1H3/t8-,9+,10?,11?,12?. The molecule has 0 aromatic heterocycles. The van der Waals surface area contributed by atoms with E-state index >= 15 is 0 Å². The maximum Gasteiger partial charge on any atom is 0.0602 e. The molecule has 4 fully saturated rings. The van der Waals surface area contributed by atoms with Crippen molar-refractivity contribution >= 4 is 0 Å². The zero-order chi connectivity index (χ0) is 8.84. The lowest BCUT2D eigenvalue weighted by Gasteiger charge is -2.38. The molecule has 1 heteroatoms. The maximum atomic E-state index is 5.65. The second-order valence-electron chi connectivity index (χ2n) is 5.55. The van der Waals surface area contributed by atoms with Gasteiger partial charge in [-0.25, -0.2) is 0 Å². The van der Waals surface area contributed by atoms with Crippen LogP contribution in [0.15, 0.2) is 0 Å². The predicted molar refractivity (Wildman–Crippen MR) is 52.5 cm³/mol. The summed E-state index contributed by atoms with van der Waals surface area (Å²) in [5.74, 6) is 4.08. The monoisotopic (exact) mass is 180 g/mol. The Hall–Kier alpha value is -0.0400. The highest BCUT2D eigenvalue weighted by Crippen LogP contribution is 2.51. The van der Waals surface area contributed by atoms with Crippen LogP contribution in [0.5, 0.6) is 0 Å². The molecule has 3 unspecified atom stereocenters. The van der Waals surface area contributed by atoms with Crippen molar-refractivity contribution in [3.05, 3.63) is 0 Å². The van der Waals surface area contributed by atoms with Crippen molar-refractivity contribution in [2.75, 3.05) is 7.11 Å². The summed E-state index contributed by atoms with van der Waals surface area (Å²) in [7, 11) is 1.91. The molecule has 4 rings (SSSR count). The molecule has 4 aliphatic rings. The van der Waals surface area contributed by atoms with Crippen molar-refractivity contribution in [3.63, 3.8) is 0 Å². The van der Waals surface area contributed by atoms with Crippen molar-refractivity contribution in [2.24, 2.45) is 23.7 Å². The lowest BCUT2D eigenvalue weighted by Crippen LogP contribution is -2.29. The number of methoxy groups -OCH3 is 1. The highest BCUT2D eigenvalue weighted by atomic mass is 16.5. The molecular formula is C12H20O. The Kier molecular flexibility index (Phi) is 1.90. The molecule has 0 aromatic carbocycles. The lowest BCUT2D eigenvalue weighted by atomic mass is 9.68. The van der Waals surface area contributed by atoms with Crippen LogP contribution >= 0.6 is 0 Å². The van der Waals surface area contributed by atoms with Crippen LogP contribution in [0.2, 0.25) is 0 Å². The SMILES string of the molecule is COC1CC2C[C@@H]3CC1C[C@H](C2)C3. The van der Waals surface area contributed by atoms with Crippen molar-refractivity contribution in [2.45, 2.75) is 44.6 Å². The summed E-state index contributed by atoms with van der Waals surface area (Å²) in [6.45, 7) is 0. The summed E-state index contributed by atoms with van der Waals surface area (Å²) >= 11 is 0. The third kappa shape index (κ3) is 1.32. The van der Waals surface area contributed by atoms with Gasteiger partial charge in [-0.2, -0.15) is 0 Å². The van der Waals surface area contributed by atoms with E-state index in [1.54, 1.807) is 6.42 Å². The van der Waals surface area contributed by atoms with E-state index in [0.29, 0.717) is 6.10 Å². The van der Waals surface area contributed by atoms with Crippen LogP contribution in [0.1, 0.15) is 38.5 Å². The first-order valence-electron chi connectivity index (χ1n) is 5.88. The molecule has 0 aromatic rings. The largest absolute Gasteiger partial charge is 0.381 e. The number of rotatable bonds is 1. The molecule has 0 spiro atoms. The first-order valence-corrected chi connectivity index (χ1v) is 5.88. The van der Waals surface area contributed by atoms with Gasteiger partial charge in [0, 0.05) is 7.11 Å². The van der Waals surface area contributed by atoms with E-state index in [2.05, 4.69) is 0 Å². The zero-order valence-electron chi connectivity index (χ0n) is 8.54. The van der Waals surface area contributed by atoms with Gasteiger partial charge >= 0.3 is 0 Å². The average Bonchev–Trinajstić information content (AvgIpc) is 2.29. The molecule has 5 atom stereocenters. The maximum absolute atomic E-state index is 5.65. The third-order valence-electron chi connectivity index (χ3n) is 4.67. The molecule has 4 aliphatic carbocycles. The zero-order valence-corrected chi connectivity index (χ0v) is 8.54. The Balaban J connectivity index is 1.86. The second kappa shape index (κ2) is 2.98. The summed E-state index contributed by atoms with van der Waals surface area (Å²) in [5, 5.41) is 0. The molecule has 0 radical (unpaired) electrons. The summed E-state index contributed by atoms with van der Waals surface area (Å²) in [6, 6.07) is 0. The summed E-state index contributed by atoms with van der Waals surface area (Å²) in [6.07, 6.45) is 9.52. The quantitative estimate of drug-likeness (QED) is 0.603. The number of ether oxygens (including phenoxy) is 1. The number of hydrogen-bond acceptors (Lipinski definition) is 1. The lowest BCUT2D eigenvalue weighted by molar-refractivity contribution is 0.0289. The van der Waals surface area contributed by atoms with Gasteiger partial charge in [0.1, 0.15) is 0 Å². The van der Waals surface area contributed by atoms with Gasteiger partial charge in [-0.15, -0.1) is 0 Å². The van der Waals surface area contributed by atoms with Crippen molar-refractivity contribution < 1.29 is 4.74 Å². The third-order valence-corrected chi connectivity index (χ3v) is 4.67. The van der Waals surface area contributed by atoms with Gasteiger partial charge in [-0.05, 0) is 62.2 Å². The van der Waals surface area contributed by atoms with Crippen LogP contribution in [0.25, 0.3) is 0 Å². The van der Waals surface area contributed by atoms with Gasteiger partial charge in [0.05, 0.1) is 6.10 Å². The first-order chi connectivity index (χ1) is 6.35. The van der Waals surface area contributed by atoms with Crippen LogP contribution in [-0.2, 0) is 4.74 Å². The normalized spacial score (nSPS) is 53.8. The summed E-state index contributed by atoms with van der Waals surface area (Å²) in [4.78, 5) is 0. The van der Waals surface area contributed by atoms with Gasteiger partial charge in [0.25, 0.3) is 0 Å². The molecule has 13 heavy (non-hydrogen) atoms. The van der Waals surface area contributed by atoms with E-state index < -0.39 is 0 Å². The minimum atomic E-state index is 0.611. The van der Waals surface area contributed by atoms with Gasteiger partial charge in [-0.3, -0.25) is 0 Å². The van der Waals surface area contributed by atoms with Crippen molar-refractivity contribution in [1.82, 2.24) is 0 Å². The second-order valence-corrected chi connectivity index (χ2v) is 5.55. The van der Waals surface area contributed by atoms with E-state index in [4.69, 9.17) is 4.74 Å². The molecule has 0 saturated heterocycles. The summed E-state index contributed by atoms with van der Waals surface area (Å²) < 4.78 is 5.65. The first kappa shape index (κ1) is 8.28. The van der Waals surface area contributed by atoms with Crippen LogP contribution in [0, 0.1) is 23.7 Å². The molecular weight excluding hydrogens is 160 g/mol.